The van der Waals surface area contributed by atoms with E-state index in [2.05, 4.69) is 25.0 Å². The van der Waals surface area contributed by atoms with Gasteiger partial charge in [-0.2, -0.15) is 0 Å². The second kappa shape index (κ2) is 5.27. The van der Waals surface area contributed by atoms with E-state index in [-0.39, 0.29) is 16.4 Å². The Morgan fingerprint density at radius 2 is 1.90 bits per heavy atom. The molecule has 1 amide bonds. The molecule has 0 aliphatic carbocycles. The van der Waals surface area contributed by atoms with Crippen LogP contribution >= 0.6 is 0 Å². The summed E-state index contributed by atoms with van der Waals surface area (Å²) in [7, 11) is -2.20. The molecule has 0 fully saturated rings. The van der Waals surface area contributed by atoms with Crippen LogP contribution < -0.4 is 15.8 Å². The summed E-state index contributed by atoms with van der Waals surface area (Å²) in [5.74, 6) is -0.732. The van der Waals surface area contributed by atoms with Crippen molar-refractivity contribution in [2.24, 2.45) is 0 Å². The standard InChI is InChI=1S/C10H11N5O4S/c1-12-20(17,18)7-4-2-6(3-5-7)13-10(16)8-9(11)15-19-14-8/h2-5,12H,1H3,(H2,11,15)(H,13,16). The van der Waals surface area contributed by atoms with Crippen molar-refractivity contribution >= 4 is 27.4 Å². The quantitative estimate of drug-likeness (QED) is 0.710. The Morgan fingerprint density at radius 1 is 1.25 bits per heavy atom. The van der Waals surface area contributed by atoms with E-state index < -0.39 is 15.9 Å². The molecular formula is C10H11N5O4S. The highest BCUT2D eigenvalue weighted by Gasteiger charge is 2.16. The van der Waals surface area contributed by atoms with Crippen LogP contribution in [0.1, 0.15) is 10.5 Å². The topological polar surface area (TPSA) is 140 Å². The number of rotatable bonds is 4. The zero-order valence-corrected chi connectivity index (χ0v) is 11.1. The molecule has 0 aliphatic rings. The number of nitrogens with two attached hydrogens (primary N) is 1. The highest BCUT2D eigenvalue weighted by molar-refractivity contribution is 7.89. The lowest BCUT2D eigenvalue weighted by Gasteiger charge is -2.05. The summed E-state index contributed by atoms with van der Waals surface area (Å²) in [6, 6.07) is 5.58. The Kier molecular flexibility index (Phi) is 3.68. The molecule has 9 nitrogen and oxygen atoms in total. The molecule has 0 saturated carbocycles. The van der Waals surface area contributed by atoms with E-state index in [4.69, 9.17) is 5.73 Å². The number of amides is 1. The third-order valence-corrected chi connectivity index (χ3v) is 3.85. The fraction of sp³-hybridized carbons (Fsp3) is 0.100. The number of anilines is 2. The summed E-state index contributed by atoms with van der Waals surface area (Å²) in [6.07, 6.45) is 0. The van der Waals surface area contributed by atoms with E-state index in [9.17, 15) is 13.2 Å². The van der Waals surface area contributed by atoms with Crippen LogP contribution in [0.2, 0.25) is 0 Å². The molecule has 0 atom stereocenters. The molecule has 4 N–H and O–H groups in total. The summed E-state index contributed by atoms with van der Waals surface area (Å²) in [5.41, 5.74) is 5.62. The lowest BCUT2D eigenvalue weighted by molar-refractivity contribution is 0.101. The lowest BCUT2D eigenvalue weighted by Crippen LogP contribution is -2.18. The van der Waals surface area contributed by atoms with Gasteiger partial charge in [0.1, 0.15) is 0 Å². The van der Waals surface area contributed by atoms with Gasteiger partial charge in [-0.05, 0) is 41.6 Å². The Balaban J connectivity index is 2.16. The third kappa shape index (κ3) is 2.75. The van der Waals surface area contributed by atoms with E-state index in [1.165, 1.54) is 31.3 Å². The molecule has 0 bridgehead atoms. The average Bonchev–Trinajstić information content (AvgIpc) is 2.85. The highest BCUT2D eigenvalue weighted by Crippen LogP contribution is 2.15. The van der Waals surface area contributed by atoms with Gasteiger partial charge in [-0.15, -0.1) is 0 Å². The van der Waals surface area contributed by atoms with Crippen molar-refractivity contribution in [1.82, 2.24) is 15.0 Å². The van der Waals surface area contributed by atoms with Gasteiger partial charge in [0.05, 0.1) is 4.90 Å². The first-order chi connectivity index (χ1) is 9.44. The molecule has 0 unspecified atom stereocenters. The average molecular weight is 297 g/mol. The van der Waals surface area contributed by atoms with E-state index in [0.29, 0.717) is 5.69 Å². The Labute approximate surface area is 114 Å². The summed E-state index contributed by atoms with van der Waals surface area (Å²) >= 11 is 0. The Hall–Kier alpha value is -2.46. The van der Waals surface area contributed by atoms with Crippen molar-refractivity contribution in [2.45, 2.75) is 4.90 Å². The maximum absolute atomic E-state index is 11.7. The van der Waals surface area contributed by atoms with E-state index >= 15 is 0 Å². The number of nitrogen functional groups attached to an aromatic ring is 1. The molecule has 2 aromatic rings. The SMILES string of the molecule is CNS(=O)(=O)c1ccc(NC(=O)c2nonc2N)cc1. The normalized spacial score (nSPS) is 11.2. The van der Waals surface area contributed by atoms with Crippen molar-refractivity contribution in [2.75, 3.05) is 18.1 Å². The Morgan fingerprint density at radius 3 is 2.40 bits per heavy atom. The number of nitrogens with zero attached hydrogens (tertiary/aromatic N) is 2. The maximum atomic E-state index is 11.7. The van der Waals surface area contributed by atoms with Crippen molar-refractivity contribution < 1.29 is 17.8 Å². The van der Waals surface area contributed by atoms with Gasteiger partial charge < -0.3 is 11.1 Å². The van der Waals surface area contributed by atoms with Crippen LogP contribution in [0, 0.1) is 0 Å². The zero-order valence-electron chi connectivity index (χ0n) is 10.3. The predicted octanol–water partition coefficient (Wildman–Crippen LogP) is -0.188. The first-order valence-corrected chi connectivity index (χ1v) is 6.85. The number of hydrogen-bond acceptors (Lipinski definition) is 7. The van der Waals surface area contributed by atoms with Gasteiger partial charge in [0.15, 0.2) is 0 Å². The van der Waals surface area contributed by atoms with Crippen LogP contribution in [0.3, 0.4) is 0 Å². The summed E-state index contributed by atoms with van der Waals surface area (Å²) in [5, 5.41) is 9.12. The predicted molar refractivity (Wildman–Crippen MR) is 69.4 cm³/mol. The van der Waals surface area contributed by atoms with Crippen molar-refractivity contribution in [3.8, 4) is 0 Å². The van der Waals surface area contributed by atoms with Crippen LogP contribution in [-0.4, -0.2) is 31.7 Å². The summed E-state index contributed by atoms with van der Waals surface area (Å²) in [4.78, 5) is 11.8. The molecular weight excluding hydrogens is 286 g/mol. The zero-order chi connectivity index (χ0) is 14.8. The molecule has 0 aliphatic heterocycles. The minimum Gasteiger partial charge on any atom is -0.379 e. The summed E-state index contributed by atoms with van der Waals surface area (Å²) < 4.78 is 29.5. The molecule has 2 rings (SSSR count). The fourth-order valence-corrected chi connectivity index (χ4v) is 2.11. The molecule has 10 heteroatoms. The van der Waals surface area contributed by atoms with Gasteiger partial charge in [-0.3, -0.25) is 4.79 Å². The monoisotopic (exact) mass is 297 g/mol. The van der Waals surface area contributed by atoms with Crippen molar-refractivity contribution in [1.29, 1.82) is 0 Å². The number of hydrogen-bond donors (Lipinski definition) is 3. The minimum atomic E-state index is -3.51. The first kappa shape index (κ1) is 14.0. The lowest BCUT2D eigenvalue weighted by atomic mass is 10.3. The number of sulfonamides is 1. The van der Waals surface area contributed by atoms with Gasteiger partial charge in [0.2, 0.25) is 21.5 Å². The van der Waals surface area contributed by atoms with Crippen molar-refractivity contribution in [3.63, 3.8) is 0 Å². The number of nitrogens with one attached hydrogen (secondary N) is 2. The Bertz CT molecular complexity index is 722. The van der Waals surface area contributed by atoms with E-state index in [1.54, 1.807) is 0 Å². The number of aromatic nitrogens is 2. The molecule has 0 spiro atoms. The largest absolute Gasteiger partial charge is 0.379 e. The molecule has 0 saturated heterocycles. The molecule has 20 heavy (non-hydrogen) atoms. The summed E-state index contributed by atoms with van der Waals surface area (Å²) in [6.45, 7) is 0. The number of carbonyl (C=O) groups is 1. The third-order valence-electron chi connectivity index (χ3n) is 2.42. The molecule has 106 valence electrons. The molecule has 0 radical (unpaired) electrons. The van der Waals surface area contributed by atoms with E-state index in [1.807, 2.05) is 0 Å². The number of benzene rings is 1. The molecule has 1 heterocycles. The second-order valence-corrected chi connectivity index (χ2v) is 5.57. The van der Waals surface area contributed by atoms with Crippen LogP contribution in [0.25, 0.3) is 0 Å². The van der Waals surface area contributed by atoms with Crippen LogP contribution in [0.4, 0.5) is 11.5 Å². The molecule has 1 aromatic carbocycles. The van der Waals surface area contributed by atoms with Gasteiger partial charge >= 0.3 is 0 Å². The van der Waals surface area contributed by atoms with Gasteiger partial charge in [-0.25, -0.2) is 17.8 Å². The molecule has 1 aromatic heterocycles. The smallest absolute Gasteiger partial charge is 0.281 e. The van der Waals surface area contributed by atoms with Gasteiger partial charge in [0.25, 0.3) is 5.91 Å². The maximum Gasteiger partial charge on any atom is 0.281 e. The van der Waals surface area contributed by atoms with Gasteiger partial charge in [0, 0.05) is 5.69 Å². The number of carbonyl (C=O) groups excluding carboxylic acids is 1. The fourth-order valence-electron chi connectivity index (χ4n) is 1.38. The van der Waals surface area contributed by atoms with Crippen LogP contribution in [0.5, 0.6) is 0 Å². The minimum absolute atomic E-state index is 0.0839. The van der Waals surface area contributed by atoms with Crippen LogP contribution in [0.15, 0.2) is 33.8 Å². The second-order valence-electron chi connectivity index (χ2n) is 3.68. The highest BCUT2D eigenvalue weighted by atomic mass is 32.2. The first-order valence-electron chi connectivity index (χ1n) is 5.37. The van der Waals surface area contributed by atoms with Crippen molar-refractivity contribution in [3.05, 3.63) is 30.0 Å². The van der Waals surface area contributed by atoms with Gasteiger partial charge in [-0.1, -0.05) is 0 Å². The van der Waals surface area contributed by atoms with E-state index in [0.717, 1.165) is 0 Å². The van der Waals surface area contributed by atoms with Crippen LogP contribution in [-0.2, 0) is 10.0 Å².